The summed E-state index contributed by atoms with van der Waals surface area (Å²) in [7, 11) is 3.98. The van der Waals surface area contributed by atoms with Crippen LogP contribution in [0.1, 0.15) is 19.8 Å². The minimum atomic E-state index is -0.129. The van der Waals surface area contributed by atoms with Crippen LogP contribution in [0.25, 0.3) is 0 Å². The molecule has 0 bridgehead atoms. The van der Waals surface area contributed by atoms with Gasteiger partial charge in [-0.15, -0.1) is 0 Å². The fourth-order valence-corrected chi connectivity index (χ4v) is 0.989. The highest BCUT2D eigenvalue weighted by Crippen LogP contribution is 1.80. The molecule has 0 aromatic heterocycles. The van der Waals surface area contributed by atoms with E-state index >= 15 is 0 Å². The first-order valence-corrected chi connectivity index (χ1v) is 5.24. The Kier molecular flexibility index (Phi) is 7.62. The third-order valence-electron chi connectivity index (χ3n) is 1.87. The lowest BCUT2D eigenvalue weighted by Gasteiger charge is -2.10. The van der Waals surface area contributed by atoms with E-state index in [9.17, 15) is 9.59 Å². The normalized spacial score (nSPS) is 10.1. The van der Waals surface area contributed by atoms with E-state index in [0.29, 0.717) is 13.0 Å². The van der Waals surface area contributed by atoms with E-state index in [1.807, 2.05) is 14.1 Å². The molecule has 88 valence electrons. The minimum absolute atomic E-state index is 0.0780. The standard InChI is InChI=1S/C10H21N3O2/c1-4-9(14)12-8-10(15)11-6-5-7-13(2)3/h4-8H2,1-3H3,(H,11,15)(H,12,14). The number of hydrogen-bond donors (Lipinski definition) is 2. The topological polar surface area (TPSA) is 61.4 Å². The highest BCUT2D eigenvalue weighted by atomic mass is 16.2. The second-order valence-electron chi connectivity index (χ2n) is 3.64. The minimum Gasteiger partial charge on any atom is -0.355 e. The number of hydrogen-bond acceptors (Lipinski definition) is 3. The summed E-state index contributed by atoms with van der Waals surface area (Å²) in [5, 5.41) is 5.26. The summed E-state index contributed by atoms with van der Waals surface area (Å²) in [6.45, 7) is 3.43. The zero-order valence-electron chi connectivity index (χ0n) is 9.80. The van der Waals surface area contributed by atoms with Gasteiger partial charge in [-0.2, -0.15) is 0 Å². The van der Waals surface area contributed by atoms with Gasteiger partial charge in [-0.1, -0.05) is 6.92 Å². The highest BCUT2D eigenvalue weighted by molar-refractivity contribution is 5.84. The van der Waals surface area contributed by atoms with E-state index in [2.05, 4.69) is 15.5 Å². The van der Waals surface area contributed by atoms with Crippen molar-refractivity contribution in [3.63, 3.8) is 0 Å². The van der Waals surface area contributed by atoms with Crippen LogP contribution in [0.5, 0.6) is 0 Å². The van der Waals surface area contributed by atoms with Crippen molar-refractivity contribution in [1.29, 1.82) is 0 Å². The fourth-order valence-electron chi connectivity index (χ4n) is 0.989. The van der Waals surface area contributed by atoms with Gasteiger partial charge < -0.3 is 15.5 Å². The molecular formula is C10H21N3O2. The average Bonchev–Trinajstić information content (AvgIpc) is 2.20. The monoisotopic (exact) mass is 215 g/mol. The molecule has 0 aliphatic rings. The first-order valence-electron chi connectivity index (χ1n) is 5.24. The van der Waals surface area contributed by atoms with Crippen molar-refractivity contribution >= 4 is 11.8 Å². The second-order valence-corrected chi connectivity index (χ2v) is 3.64. The molecule has 0 aliphatic carbocycles. The quantitative estimate of drug-likeness (QED) is 0.567. The third kappa shape index (κ3) is 9.21. The molecule has 5 nitrogen and oxygen atoms in total. The maximum absolute atomic E-state index is 11.2. The van der Waals surface area contributed by atoms with Gasteiger partial charge in [0, 0.05) is 13.0 Å². The van der Waals surface area contributed by atoms with Crippen molar-refractivity contribution in [3.05, 3.63) is 0 Å². The van der Waals surface area contributed by atoms with Crippen LogP contribution in [0.15, 0.2) is 0 Å². The Morgan fingerprint density at radius 1 is 1.13 bits per heavy atom. The van der Waals surface area contributed by atoms with E-state index < -0.39 is 0 Å². The average molecular weight is 215 g/mol. The van der Waals surface area contributed by atoms with Crippen molar-refractivity contribution in [2.24, 2.45) is 0 Å². The Morgan fingerprint density at radius 2 is 1.80 bits per heavy atom. The smallest absolute Gasteiger partial charge is 0.239 e. The molecule has 0 saturated heterocycles. The number of rotatable bonds is 7. The summed E-state index contributed by atoms with van der Waals surface area (Å²) in [6.07, 6.45) is 1.33. The summed E-state index contributed by atoms with van der Waals surface area (Å²) in [5.41, 5.74) is 0. The lowest BCUT2D eigenvalue weighted by molar-refractivity contribution is -0.125. The van der Waals surface area contributed by atoms with Gasteiger partial charge >= 0.3 is 0 Å². The third-order valence-corrected chi connectivity index (χ3v) is 1.87. The molecule has 0 fully saturated rings. The predicted molar refractivity (Wildman–Crippen MR) is 59.5 cm³/mol. The number of nitrogens with one attached hydrogen (secondary N) is 2. The molecule has 2 amide bonds. The van der Waals surface area contributed by atoms with Gasteiger partial charge in [-0.3, -0.25) is 9.59 Å². The van der Waals surface area contributed by atoms with Crippen LogP contribution in [-0.2, 0) is 9.59 Å². The molecule has 15 heavy (non-hydrogen) atoms. The molecule has 0 atom stereocenters. The van der Waals surface area contributed by atoms with Gasteiger partial charge in [0.1, 0.15) is 0 Å². The van der Waals surface area contributed by atoms with Gasteiger partial charge in [-0.05, 0) is 27.1 Å². The SMILES string of the molecule is CCC(=O)NCC(=O)NCCCN(C)C. The molecule has 2 N–H and O–H groups in total. The lowest BCUT2D eigenvalue weighted by Crippen LogP contribution is -2.37. The molecule has 0 radical (unpaired) electrons. The van der Waals surface area contributed by atoms with Crippen molar-refractivity contribution in [2.75, 3.05) is 33.7 Å². The molecule has 0 aromatic rings. The molecule has 5 heteroatoms. The van der Waals surface area contributed by atoms with E-state index in [4.69, 9.17) is 0 Å². The number of carbonyl (C=O) groups is 2. The van der Waals surface area contributed by atoms with E-state index in [0.717, 1.165) is 13.0 Å². The summed E-state index contributed by atoms with van der Waals surface area (Å²) in [5.74, 6) is -0.228. The van der Waals surface area contributed by atoms with Gasteiger partial charge in [0.2, 0.25) is 11.8 Å². The first kappa shape index (κ1) is 13.9. The Balaban J connectivity index is 3.37. The highest BCUT2D eigenvalue weighted by Gasteiger charge is 2.02. The molecule has 0 spiro atoms. The molecule has 0 unspecified atom stereocenters. The fraction of sp³-hybridized carbons (Fsp3) is 0.800. The zero-order chi connectivity index (χ0) is 11.7. The first-order chi connectivity index (χ1) is 7.06. The molecule has 0 aromatic carbocycles. The number of carbonyl (C=O) groups excluding carboxylic acids is 2. The zero-order valence-corrected chi connectivity index (χ0v) is 9.80. The molecule has 0 aliphatic heterocycles. The van der Waals surface area contributed by atoms with Crippen molar-refractivity contribution < 1.29 is 9.59 Å². The number of nitrogens with zero attached hydrogens (tertiary/aromatic N) is 1. The van der Waals surface area contributed by atoms with Crippen LogP contribution in [0.3, 0.4) is 0 Å². The number of amides is 2. The van der Waals surface area contributed by atoms with Crippen LogP contribution in [0.4, 0.5) is 0 Å². The van der Waals surface area contributed by atoms with Crippen molar-refractivity contribution in [3.8, 4) is 0 Å². The van der Waals surface area contributed by atoms with Crippen LogP contribution < -0.4 is 10.6 Å². The summed E-state index contributed by atoms with van der Waals surface area (Å²) in [6, 6.07) is 0. The summed E-state index contributed by atoms with van der Waals surface area (Å²) < 4.78 is 0. The molecular weight excluding hydrogens is 194 g/mol. The van der Waals surface area contributed by atoms with E-state index in [1.54, 1.807) is 6.92 Å². The Labute approximate surface area is 91.2 Å². The summed E-state index contributed by atoms with van der Waals surface area (Å²) in [4.78, 5) is 24.1. The maximum atomic E-state index is 11.2. The van der Waals surface area contributed by atoms with Crippen LogP contribution >= 0.6 is 0 Å². The van der Waals surface area contributed by atoms with Gasteiger partial charge in [-0.25, -0.2) is 0 Å². The second kappa shape index (κ2) is 8.23. The van der Waals surface area contributed by atoms with Gasteiger partial charge in [0.05, 0.1) is 6.54 Å². The summed E-state index contributed by atoms with van der Waals surface area (Å²) >= 11 is 0. The Bertz CT molecular complexity index is 205. The van der Waals surface area contributed by atoms with E-state index in [1.165, 1.54) is 0 Å². The van der Waals surface area contributed by atoms with Gasteiger partial charge in [0.15, 0.2) is 0 Å². The van der Waals surface area contributed by atoms with Crippen molar-refractivity contribution in [2.45, 2.75) is 19.8 Å². The van der Waals surface area contributed by atoms with Gasteiger partial charge in [0.25, 0.3) is 0 Å². The van der Waals surface area contributed by atoms with Crippen LogP contribution in [0.2, 0.25) is 0 Å². The molecule has 0 heterocycles. The lowest BCUT2D eigenvalue weighted by atomic mass is 10.4. The maximum Gasteiger partial charge on any atom is 0.239 e. The van der Waals surface area contributed by atoms with Crippen LogP contribution in [0, 0.1) is 0 Å². The van der Waals surface area contributed by atoms with Crippen molar-refractivity contribution in [1.82, 2.24) is 15.5 Å². The molecule has 0 rings (SSSR count). The Morgan fingerprint density at radius 3 is 2.33 bits per heavy atom. The molecule has 0 saturated carbocycles. The largest absolute Gasteiger partial charge is 0.355 e. The predicted octanol–water partition coefficient (Wildman–Crippen LogP) is -0.419. The van der Waals surface area contributed by atoms with Crippen LogP contribution in [-0.4, -0.2) is 50.4 Å². The van der Waals surface area contributed by atoms with E-state index in [-0.39, 0.29) is 18.4 Å². The Hall–Kier alpha value is -1.10.